The van der Waals surface area contributed by atoms with Crippen LogP contribution in [0.1, 0.15) is 29.5 Å². The van der Waals surface area contributed by atoms with Crippen LogP contribution in [0.4, 0.5) is 5.69 Å². The molecular weight excluding hydrogens is 348 g/mol. The summed E-state index contributed by atoms with van der Waals surface area (Å²) in [7, 11) is -3.63. The monoisotopic (exact) mass is 372 g/mol. The summed E-state index contributed by atoms with van der Waals surface area (Å²) < 4.78 is 27.8. The van der Waals surface area contributed by atoms with Crippen LogP contribution in [0.3, 0.4) is 0 Å². The van der Waals surface area contributed by atoms with Crippen molar-refractivity contribution in [3.05, 3.63) is 59.2 Å². The van der Waals surface area contributed by atoms with Gasteiger partial charge >= 0.3 is 0 Å². The Labute approximate surface area is 155 Å². The number of benzene rings is 2. The first-order valence-corrected chi connectivity index (χ1v) is 10.3. The highest BCUT2D eigenvalue weighted by atomic mass is 32.2. The summed E-state index contributed by atoms with van der Waals surface area (Å²) in [6.07, 6.45) is 2.50. The molecule has 3 rings (SSSR count). The van der Waals surface area contributed by atoms with Crippen LogP contribution in [0.25, 0.3) is 0 Å². The van der Waals surface area contributed by atoms with Crippen molar-refractivity contribution in [2.75, 3.05) is 17.8 Å². The summed E-state index contributed by atoms with van der Waals surface area (Å²) in [5.74, 6) is 0.131. The highest BCUT2D eigenvalue weighted by Crippen LogP contribution is 2.21. The van der Waals surface area contributed by atoms with Gasteiger partial charge in [-0.3, -0.25) is 9.52 Å². The number of nitrogens with zero attached hydrogens (tertiary/aromatic N) is 1. The van der Waals surface area contributed by atoms with Gasteiger partial charge in [0.05, 0.1) is 11.3 Å². The number of nitrogens with one attached hydrogen (secondary N) is 1. The van der Waals surface area contributed by atoms with Gasteiger partial charge in [-0.25, -0.2) is 8.42 Å². The average Bonchev–Trinajstić information content (AvgIpc) is 3.10. The second kappa shape index (κ2) is 7.50. The second-order valence-corrected chi connectivity index (χ2v) is 8.49. The SMILES string of the molecule is Cc1ccc(S(=O)(=O)Nc2ccc(CC(=O)N3CCCC3)cc2)c(C)c1. The number of likely N-dealkylation sites (tertiary alicyclic amines) is 1. The molecule has 0 aliphatic carbocycles. The molecule has 5 nitrogen and oxygen atoms in total. The van der Waals surface area contributed by atoms with E-state index in [2.05, 4.69) is 4.72 Å². The molecule has 2 aromatic rings. The maximum Gasteiger partial charge on any atom is 0.262 e. The van der Waals surface area contributed by atoms with Gasteiger partial charge in [-0.05, 0) is 56.0 Å². The minimum absolute atomic E-state index is 0.131. The number of sulfonamides is 1. The van der Waals surface area contributed by atoms with E-state index in [1.807, 2.05) is 17.9 Å². The van der Waals surface area contributed by atoms with Crippen LogP contribution >= 0.6 is 0 Å². The van der Waals surface area contributed by atoms with Gasteiger partial charge in [0, 0.05) is 18.8 Å². The molecule has 0 aromatic heterocycles. The topological polar surface area (TPSA) is 66.5 Å². The molecule has 0 unspecified atom stereocenters. The summed E-state index contributed by atoms with van der Waals surface area (Å²) in [6.45, 7) is 5.40. The summed E-state index contributed by atoms with van der Waals surface area (Å²) in [6, 6.07) is 12.3. The fourth-order valence-electron chi connectivity index (χ4n) is 3.25. The summed E-state index contributed by atoms with van der Waals surface area (Å²) in [4.78, 5) is 14.4. The largest absolute Gasteiger partial charge is 0.342 e. The standard InChI is InChI=1S/C20H24N2O3S/c1-15-5-10-19(16(2)13-15)26(24,25)21-18-8-6-17(7-9-18)14-20(23)22-11-3-4-12-22/h5-10,13,21H,3-4,11-12,14H2,1-2H3. The lowest BCUT2D eigenvalue weighted by Crippen LogP contribution is -2.29. The summed E-state index contributed by atoms with van der Waals surface area (Å²) in [5, 5.41) is 0. The van der Waals surface area contributed by atoms with E-state index in [1.165, 1.54) is 0 Å². The molecule has 1 fully saturated rings. The molecule has 1 aliphatic heterocycles. The maximum atomic E-state index is 12.6. The summed E-state index contributed by atoms with van der Waals surface area (Å²) >= 11 is 0. The normalized spacial score (nSPS) is 14.5. The fraction of sp³-hybridized carbons (Fsp3) is 0.350. The number of anilines is 1. The van der Waals surface area contributed by atoms with Crippen molar-refractivity contribution in [3.8, 4) is 0 Å². The lowest BCUT2D eigenvalue weighted by molar-refractivity contribution is -0.129. The van der Waals surface area contributed by atoms with Gasteiger partial charge in [0.1, 0.15) is 0 Å². The highest BCUT2D eigenvalue weighted by Gasteiger charge is 2.19. The van der Waals surface area contributed by atoms with Crippen LogP contribution in [-0.2, 0) is 21.2 Å². The van der Waals surface area contributed by atoms with Crippen LogP contribution in [0.2, 0.25) is 0 Å². The Balaban J connectivity index is 1.69. The van der Waals surface area contributed by atoms with E-state index in [-0.39, 0.29) is 10.8 Å². The molecule has 1 saturated heterocycles. The van der Waals surface area contributed by atoms with E-state index in [4.69, 9.17) is 0 Å². The van der Waals surface area contributed by atoms with E-state index in [9.17, 15) is 13.2 Å². The Morgan fingerprint density at radius 1 is 1.04 bits per heavy atom. The third-order valence-corrected chi connectivity index (χ3v) is 6.18. The number of amides is 1. The maximum absolute atomic E-state index is 12.6. The molecule has 138 valence electrons. The molecule has 2 aromatic carbocycles. The number of hydrogen-bond donors (Lipinski definition) is 1. The Bertz CT molecular complexity index is 899. The molecule has 1 aliphatic rings. The predicted octanol–water partition coefficient (Wildman–Crippen LogP) is 3.27. The lowest BCUT2D eigenvalue weighted by Gasteiger charge is -2.15. The molecule has 0 saturated carbocycles. The number of hydrogen-bond acceptors (Lipinski definition) is 3. The van der Waals surface area contributed by atoms with Gasteiger partial charge in [0.2, 0.25) is 5.91 Å². The van der Waals surface area contributed by atoms with E-state index >= 15 is 0 Å². The van der Waals surface area contributed by atoms with Crippen molar-refractivity contribution in [2.45, 2.75) is 38.0 Å². The number of carbonyl (C=O) groups is 1. The van der Waals surface area contributed by atoms with Gasteiger partial charge in [-0.15, -0.1) is 0 Å². The zero-order chi connectivity index (χ0) is 18.7. The Morgan fingerprint density at radius 3 is 2.31 bits per heavy atom. The van der Waals surface area contributed by atoms with Crippen LogP contribution in [0.15, 0.2) is 47.4 Å². The third-order valence-electron chi connectivity index (χ3n) is 4.64. The van der Waals surface area contributed by atoms with E-state index in [1.54, 1.807) is 43.3 Å². The Hall–Kier alpha value is -2.34. The van der Waals surface area contributed by atoms with E-state index in [0.717, 1.165) is 37.1 Å². The van der Waals surface area contributed by atoms with Gasteiger partial charge in [0.25, 0.3) is 10.0 Å². The average molecular weight is 372 g/mol. The van der Waals surface area contributed by atoms with Gasteiger partial charge < -0.3 is 4.90 Å². The summed E-state index contributed by atoms with van der Waals surface area (Å²) in [5.41, 5.74) is 3.11. The van der Waals surface area contributed by atoms with Gasteiger partial charge in [-0.2, -0.15) is 0 Å². The molecule has 0 spiro atoms. The second-order valence-electron chi connectivity index (χ2n) is 6.84. The van der Waals surface area contributed by atoms with Gasteiger partial charge in [0.15, 0.2) is 0 Å². The lowest BCUT2D eigenvalue weighted by atomic mass is 10.1. The van der Waals surface area contributed by atoms with Crippen LogP contribution < -0.4 is 4.72 Å². The van der Waals surface area contributed by atoms with Crippen LogP contribution in [0.5, 0.6) is 0 Å². The molecule has 0 atom stereocenters. The quantitative estimate of drug-likeness (QED) is 0.876. The van der Waals surface area contributed by atoms with Crippen molar-refractivity contribution >= 4 is 21.6 Å². The van der Waals surface area contributed by atoms with E-state index in [0.29, 0.717) is 17.7 Å². The van der Waals surface area contributed by atoms with Crippen LogP contribution in [0, 0.1) is 13.8 Å². The zero-order valence-electron chi connectivity index (χ0n) is 15.2. The highest BCUT2D eigenvalue weighted by molar-refractivity contribution is 7.92. The molecule has 26 heavy (non-hydrogen) atoms. The van der Waals surface area contributed by atoms with Crippen molar-refractivity contribution < 1.29 is 13.2 Å². The van der Waals surface area contributed by atoms with Crippen molar-refractivity contribution in [2.24, 2.45) is 0 Å². The number of rotatable bonds is 5. The fourth-order valence-corrected chi connectivity index (χ4v) is 4.54. The van der Waals surface area contributed by atoms with Crippen molar-refractivity contribution in [1.29, 1.82) is 0 Å². The minimum atomic E-state index is -3.63. The van der Waals surface area contributed by atoms with Crippen molar-refractivity contribution in [3.63, 3.8) is 0 Å². The first kappa shape index (κ1) is 18.5. The Morgan fingerprint density at radius 2 is 1.69 bits per heavy atom. The smallest absolute Gasteiger partial charge is 0.262 e. The first-order valence-electron chi connectivity index (χ1n) is 8.82. The van der Waals surface area contributed by atoms with E-state index < -0.39 is 10.0 Å². The third kappa shape index (κ3) is 4.25. The minimum Gasteiger partial charge on any atom is -0.342 e. The Kier molecular flexibility index (Phi) is 5.32. The molecule has 1 heterocycles. The number of carbonyl (C=O) groups excluding carboxylic acids is 1. The molecule has 0 radical (unpaired) electrons. The molecular formula is C20H24N2O3S. The number of aryl methyl sites for hydroxylation is 2. The zero-order valence-corrected chi connectivity index (χ0v) is 16.0. The molecule has 0 bridgehead atoms. The molecule has 1 N–H and O–H groups in total. The van der Waals surface area contributed by atoms with Gasteiger partial charge in [-0.1, -0.05) is 29.8 Å². The van der Waals surface area contributed by atoms with Crippen molar-refractivity contribution in [1.82, 2.24) is 4.90 Å². The molecule has 1 amide bonds. The molecule has 6 heteroatoms. The first-order chi connectivity index (χ1) is 12.3. The predicted molar refractivity (Wildman–Crippen MR) is 103 cm³/mol. The van der Waals surface area contributed by atoms with Crippen LogP contribution in [-0.4, -0.2) is 32.3 Å².